The van der Waals surface area contributed by atoms with Crippen LogP contribution in [-0.2, 0) is 16.1 Å². The molecule has 0 aromatic heterocycles. The maximum atomic E-state index is 12.4. The normalized spacial score (nSPS) is 17.0. The van der Waals surface area contributed by atoms with Gasteiger partial charge in [-0.25, -0.2) is 0 Å². The van der Waals surface area contributed by atoms with E-state index in [-0.39, 0.29) is 11.8 Å². The number of carbonyl (C=O) groups excluding carboxylic acids is 2. The molecule has 3 N–H and O–H groups in total. The first-order valence-electron chi connectivity index (χ1n) is 9.53. The maximum absolute atomic E-state index is 12.4. The SMILES string of the molecule is COc1cc(OC)c(OC)cc1CNC(=O)CN1CCCC(CCC(N)=O)C1. The maximum Gasteiger partial charge on any atom is 0.234 e. The van der Waals surface area contributed by atoms with Gasteiger partial charge in [-0.05, 0) is 37.8 Å². The van der Waals surface area contributed by atoms with Crippen LogP contribution in [0.2, 0.25) is 0 Å². The number of carbonyl (C=O) groups is 2. The van der Waals surface area contributed by atoms with Crippen molar-refractivity contribution >= 4 is 11.8 Å². The van der Waals surface area contributed by atoms with Gasteiger partial charge in [0.05, 0.1) is 27.9 Å². The minimum absolute atomic E-state index is 0.0487. The van der Waals surface area contributed by atoms with Crippen LogP contribution < -0.4 is 25.3 Å². The van der Waals surface area contributed by atoms with E-state index < -0.39 is 0 Å². The molecule has 8 nitrogen and oxygen atoms in total. The Morgan fingerprint density at radius 2 is 1.82 bits per heavy atom. The van der Waals surface area contributed by atoms with E-state index in [1.807, 2.05) is 0 Å². The number of primary amides is 1. The molecule has 1 aliphatic heterocycles. The van der Waals surface area contributed by atoms with Gasteiger partial charge in [-0.2, -0.15) is 0 Å². The van der Waals surface area contributed by atoms with E-state index in [0.29, 0.717) is 42.7 Å². The summed E-state index contributed by atoms with van der Waals surface area (Å²) in [6, 6.07) is 3.55. The summed E-state index contributed by atoms with van der Waals surface area (Å²) in [5.41, 5.74) is 6.05. The predicted octanol–water partition coefficient (Wildman–Crippen LogP) is 1.31. The van der Waals surface area contributed by atoms with Crippen molar-refractivity contribution in [3.63, 3.8) is 0 Å². The van der Waals surface area contributed by atoms with Crippen LogP contribution in [0.25, 0.3) is 0 Å². The summed E-state index contributed by atoms with van der Waals surface area (Å²) in [4.78, 5) is 25.5. The van der Waals surface area contributed by atoms with Crippen LogP contribution in [0, 0.1) is 5.92 Å². The number of piperidine rings is 1. The van der Waals surface area contributed by atoms with Crippen LogP contribution in [-0.4, -0.2) is 57.7 Å². The van der Waals surface area contributed by atoms with E-state index in [1.54, 1.807) is 33.5 Å². The monoisotopic (exact) mass is 393 g/mol. The van der Waals surface area contributed by atoms with Crippen LogP contribution in [0.3, 0.4) is 0 Å². The Labute approximate surface area is 166 Å². The van der Waals surface area contributed by atoms with Gasteiger partial charge in [-0.1, -0.05) is 0 Å². The number of ether oxygens (including phenoxy) is 3. The van der Waals surface area contributed by atoms with Crippen molar-refractivity contribution in [2.75, 3.05) is 41.0 Å². The smallest absolute Gasteiger partial charge is 0.234 e. The third-order valence-electron chi connectivity index (χ3n) is 5.03. The predicted molar refractivity (Wildman–Crippen MR) is 106 cm³/mol. The summed E-state index contributed by atoms with van der Waals surface area (Å²) in [5.74, 6) is 1.89. The number of methoxy groups -OCH3 is 3. The molecule has 1 aromatic carbocycles. The molecule has 1 aliphatic rings. The van der Waals surface area contributed by atoms with Crippen molar-refractivity contribution < 1.29 is 23.8 Å². The van der Waals surface area contributed by atoms with E-state index in [2.05, 4.69) is 10.2 Å². The molecule has 8 heteroatoms. The highest BCUT2D eigenvalue weighted by Crippen LogP contribution is 2.34. The number of likely N-dealkylation sites (tertiary alicyclic amines) is 1. The fraction of sp³-hybridized carbons (Fsp3) is 0.600. The molecular weight excluding hydrogens is 362 g/mol. The largest absolute Gasteiger partial charge is 0.496 e. The molecule has 0 aliphatic carbocycles. The van der Waals surface area contributed by atoms with Gasteiger partial charge in [-0.15, -0.1) is 0 Å². The second kappa shape index (κ2) is 10.8. The Morgan fingerprint density at radius 1 is 1.14 bits per heavy atom. The molecule has 1 unspecified atom stereocenters. The highest BCUT2D eigenvalue weighted by Gasteiger charge is 2.22. The fourth-order valence-electron chi connectivity index (χ4n) is 3.56. The first-order valence-corrected chi connectivity index (χ1v) is 9.53. The number of nitrogens with two attached hydrogens (primary N) is 1. The zero-order valence-electron chi connectivity index (χ0n) is 17.0. The van der Waals surface area contributed by atoms with E-state index >= 15 is 0 Å². The average molecular weight is 393 g/mol. The van der Waals surface area contributed by atoms with Gasteiger partial charge < -0.3 is 25.3 Å². The fourth-order valence-corrected chi connectivity index (χ4v) is 3.56. The Balaban J connectivity index is 1.89. The molecule has 2 rings (SSSR count). The van der Waals surface area contributed by atoms with Gasteiger partial charge in [0.1, 0.15) is 5.75 Å². The molecule has 28 heavy (non-hydrogen) atoms. The third-order valence-corrected chi connectivity index (χ3v) is 5.03. The Bertz CT molecular complexity index is 680. The van der Waals surface area contributed by atoms with E-state index in [4.69, 9.17) is 19.9 Å². The molecule has 1 saturated heterocycles. The molecule has 0 spiro atoms. The lowest BCUT2D eigenvalue weighted by atomic mass is 9.93. The highest BCUT2D eigenvalue weighted by molar-refractivity contribution is 5.78. The Morgan fingerprint density at radius 3 is 2.46 bits per heavy atom. The van der Waals surface area contributed by atoms with Crippen LogP contribution in [0.4, 0.5) is 0 Å². The topological polar surface area (TPSA) is 103 Å². The molecule has 1 fully saturated rings. The minimum Gasteiger partial charge on any atom is -0.496 e. The van der Waals surface area contributed by atoms with E-state index in [1.165, 1.54) is 0 Å². The van der Waals surface area contributed by atoms with Gasteiger partial charge in [0.2, 0.25) is 11.8 Å². The first-order chi connectivity index (χ1) is 13.5. The zero-order valence-corrected chi connectivity index (χ0v) is 17.0. The van der Waals surface area contributed by atoms with Crippen molar-refractivity contribution in [3.8, 4) is 17.2 Å². The summed E-state index contributed by atoms with van der Waals surface area (Å²) in [6.45, 7) is 2.38. The van der Waals surface area contributed by atoms with Gasteiger partial charge in [0.25, 0.3) is 0 Å². The number of amides is 2. The van der Waals surface area contributed by atoms with Crippen molar-refractivity contribution in [2.45, 2.75) is 32.2 Å². The van der Waals surface area contributed by atoms with E-state index in [0.717, 1.165) is 37.9 Å². The number of hydrogen-bond acceptors (Lipinski definition) is 6. The van der Waals surface area contributed by atoms with E-state index in [9.17, 15) is 9.59 Å². The van der Waals surface area contributed by atoms with Gasteiger partial charge in [-0.3, -0.25) is 14.5 Å². The molecule has 0 radical (unpaired) electrons. The summed E-state index contributed by atoms with van der Waals surface area (Å²) < 4.78 is 16.0. The molecule has 1 heterocycles. The first kappa shape index (κ1) is 21.8. The molecule has 156 valence electrons. The summed E-state index contributed by atoms with van der Waals surface area (Å²) in [5, 5.41) is 2.94. The summed E-state index contributed by atoms with van der Waals surface area (Å²) in [7, 11) is 4.71. The number of nitrogens with zero attached hydrogens (tertiary/aromatic N) is 1. The lowest BCUT2D eigenvalue weighted by Gasteiger charge is -2.32. The lowest BCUT2D eigenvalue weighted by molar-refractivity contribution is -0.123. The zero-order chi connectivity index (χ0) is 20.5. The van der Waals surface area contributed by atoms with Gasteiger partial charge >= 0.3 is 0 Å². The second-order valence-electron chi connectivity index (χ2n) is 7.04. The molecule has 0 bridgehead atoms. The van der Waals surface area contributed by atoms with Crippen LogP contribution in [0.1, 0.15) is 31.2 Å². The molecule has 0 saturated carbocycles. The third kappa shape index (κ3) is 6.30. The van der Waals surface area contributed by atoms with Crippen molar-refractivity contribution in [2.24, 2.45) is 11.7 Å². The standard InChI is InChI=1S/C20H31N3O5/c1-26-16-10-18(28-3)17(27-2)9-15(16)11-22-20(25)13-23-8-4-5-14(12-23)6-7-19(21)24/h9-10,14H,4-8,11-13H2,1-3H3,(H2,21,24)(H,22,25). The van der Waals surface area contributed by atoms with Crippen molar-refractivity contribution in [1.29, 1.82) is 0 Å². The minimum atomic E-state index is -0.265. The quantitative estimate of drug-likeness (QED) is 0.621. The molecular formula is C20H31N3O5. The molecule has 1 aromatic rings. The lowest BCUT2D eigenvalue weighted by Crippen LogP contribution is -2.42. The molecule has 2 amide bonds. The summed E-state index contributed by atoms with van der Waals surface area (Å²) in [6.07, 6.45) is 3.30. The van der Waals surface area contributed by atoms with Gasteiger partial charge in [0.15, 0.2) is 11.5 Å². The second-order valence-corrected chi connectivity index (χ2v) is 7.04. The van der Waals surface area contributed by atoms with Gasteiger partial charge in [0, 0.05) is 31.1 Å². The van der Waals surface area contributed by atoms with Crippen LogP contribution in [0.5, 0.6) is 17.2 Å². The average Bonchev–Trinajstić information content (AvgIpc) is 2.70. The number of rotatable bonds is 10. The van der Waals surface area contributed by atoms with Crippen molar-refractivity contribution in [1.82, 2.24) is 10.2 Å². The molecule has 1 atom stereocenters. The number of hydrogen-bond donors (Lipinski definition) is 2. The Kier molecular flexibility index (Phi) is 8.38. The van der Waals surface area contributed by atoms with Crippen molar-refractivity contribution in [3.05, 3.63) is 17.7 Å². The van der Waals surface area contributed by atoms with Crippen LogP contribution >= 0.6 is 0 Å². The number of benzene rings is 1. The number of nitrogens with one attached hydrogen (secondary N) is 1. The van der Waals surface area contributed by atoms with Crippen LogP contribution in [0.15, 0.2) is 12.1 Å². The highest BCUT2D eigenvalue weighted by atomic mass is 16.5. The summed E-state index contributed by atoms with van der Waals surface area (Å²) >= 11 is 0. The Hall–Kier alpha value is -2.48.